The van der Waals surface area contributed by atoms with E-state index in [1.54, 1.807) is 0 Å². The van der Waals surface area contributed by atoms with Crippen LogP contribution in [0, 0.1) is 11.3 Å². The van der Waals surface area contributed by atoms with E-state index in [1.165, 1.54) is 32.1 Å². The molecule has 98 valence electrons. The molecular formula is C17H19NO. The zero-order valence-electron chi connectivity index (χ0n) is 11.1. The highest BCUT2D eigenvalue weighted by atomic mass is 16.1. The van der Waals surface area contributed by atoms with Crippen molar-refractivity contribution < 1.29 is 4.79 Å². The van der Waals surface area contributed by atoms with Crippen LogP contribution in [0.15, 0.2) is 30.5 Å². The average molecular weight is 253 g/mol. The molecule has 0 unspecified atom stereocenters. The van der Waals surface area contributed by atoms with Crippen LogP contribution in [0.2, 0.25) is 0 Å². The van der Waals surface area contributed by atoms with Crippen molar-refractivity contribution in [3.8, 4) is 0 Å². The summed E-state index contributed by atoms with van der Waals surface area (Å²) in [7, 11) is 0. The van der Waals surface area contributed by atoms with Crippen molar-refractivity contribution in [2.45, 2.75) is 38.5 Å². The van der Waals surface area contributed by atoms with Crippen LogP contribution < -0.4 is 0 Å². The summed E-state index contributed by atoms with van der Waals surface area (Å²) in [6.45, 7) is 0. The van der Waals surface area contributed by atoms with Gasteiger partial charge in [0, 0.05) is 28.6 Å². The van der Waals surface area contributed by atoms with Crippen LogP contribution >= 0.6 is 0 Å². The molecule has 0 radical (unpaired) electrons. The fraction of sp³-hybridized carbons (Fsp3) is 0.471. The number of hydrogen-bond donors (Lipinski definition) is 1. The molecule has 2 saturated carbocycles. The van der Waals surface area contributed by atoms with Crippen LogP contribution in [0.25, 0.3) is 10.9 Å². The van der Waals surface area contributed by atoms with Gasteiger partial charge in [-0.2, -0.15) is 0 Å². The van der Waals surface area contributed by atoms with Gasteiger partial charge in [-0.3, -0.25) is 4.79 Å². The molecule has 2 aliphatic carbocycles. The molecule has 0 amide bonds. The summed E-state index contributed by atoms with van der Waals surface area (Å²) in [6.07, 6.45) is 9.57. The maximum atomic E-state index is 12.7. The lowest BCUT2D eigenvalue weighted by molar-refractivity contribution is 0.0940. The van der Waals surface area contributed by atoms with E-state index in [0.717, 1.165) is 22.9 Å². The molecule has 1 spiro atoms. The first-order chi connectivity index (χ1) is 9.30. The molecule has 1 atom stereocenters. The summed E-state index contributed by atoms with van der Waals surface area (Å²) in [5, 5.41) is 1.09. The lowest BCUT2D eigenvalue weighted by atomic mass is 9.83. The van der Waals surface area contributed by atoms with Crippen molar-refractivity contribution in [1.29, 1.82) is 0 Å². The third-order valence-electron chi connectivity index (χ3n) is 5.21. The minimum absolute atomic E-state index is 0.298. The summed E-state index contributed by atoms with van der Waals surface area (Å²) < 4.78 is 0. The van der Waals surface area contributed by atoms with Gasteiger partial charge in [0.15, 0.2) is 5.78 Å². The van der Waals surface area contributed by atoms with Gasteiger partial charge in [-0.1, -0.05) is 37.5 Å². The third-order valence-corrected chi connectivity index (χ3v) is 5.21. The summed E-state index contributed by atoms with van der Waals surface area (Å²) in [5.41, 5.74) is 2.36. The molecule has 1 heterocycles. The Morgan fingerprint density at radius 2 is 1.95 bits per heavy atom. The van der Waals surface area contributed by atoms with Gasteiger partial charge in [-0.25, -0.2) is 0 Å². The summed E-state index contributed by atoms with van der Waals surface area (Å²) >= 11 is 0. The van der Waals surface area contributed by atoms with E-state index in [1.807, 2.05) is 24.4 Å². The minimum Gasteiger partial charge on any atom is -0.360 e. The van der Waals surface area contributed by atoms with Crippen molar-refractivity contribution in [3.63, 3.8) is 0 Å². The third kappa shape index (κ3) is 1.66. The topological polar surface area (TPSA) is 32.9 Å². The van der Waals surface area contributed by atoms with Gasteiger partial charge in [-0.15, -0.1) is 0 Å². The number of para-hydroxylation sites is 1. The highest BCUT2D eigenvalue weighted by Gasteiger charge is 2.57. The second-order valence-corrected chi connectivity index (χ2v) is 6.29. The Balaban J connectivity index is 1.65. The minimum atomic E-state index is 0.298. The van der Waals surface area contributed by atoms with E-state index >= 15 is 0 Å². The number of nitrogens with one attached hydrogen (secondary N) is 1. The lowest BCUT2D eigenvalue weighted by Gasteiger charge is -2.21. The van der Waals surface area contributed by atoms with Crippen LogP contribution in [0.5, 0.6) is 0 Å². The van der Waals surface area contributed by atoms with E-state index in [2.05, 4.69) is 11.1 Å². The first kappa shape index (κ1) is 11.3. The van der Waals surface area contributed by atoms with E-state index in [4.69, 9.17) is 0 Å². The Kier molecular flexibility index (Phi) is 2.35. The molecule has 4 rings (SSSR count). The van der Waals surface area contributed by atoms with Crippen molar-refractivity contribution in [3.05, 3.63) is 36.0 Å². The highest BCUT2D eigenvalue weighted by molar-refractivity contribution is 6.10. The number of H-pyrrole nitrogens is 1. The summed E-state index contributed by atoms with van der Waals surface area (Å²) in [6, 6.07) is 8.10. The van der Waals surface area contributed by atoms with Gasteiger partial charge < -0.3 is 4.98 Å². The predicted molar refractivity (Wildman–Crippen MR) is 76.3 cm³/mol. The molecule has 2 aromatic rings. The SMILES string of the molecule is O=C(c1c[nH]c2ccccc12)[C@@H]1CC12CCCCC2. The standard InChI is InChI=1S/C17H19NO/c19-16(14-10-17(14)8-4-1-5-9-17)13-11-18-15-7-3-2-6-12(13)15/h2-3,6-7,11,14,18H,1,4-5,8-10H2/t14-/m0/s1. The fourth-order valence-electron chi connectivity index (χ4n) is 3.99. The molecular weight excluding hydrogens is 234 g/mol. The molecule has 2 aliphatic rings. The van der Waals surface area contributed by atoms with Crippen molar-refractivity contribution in [2.75, 3.05) is 0 Å². The second-order valence-electron chi connectivity index (χ2n) is 6.29. The molecule has 0 saturated heterocycles. The number of Topliss-reactive ketones (excluding diaryl/α,β-unsaturated/α-hetero) is 1. The van der Waals surface area contributed by atoms with Gasteiger partial charge >= 0.3 is 0 Å². The number of hydrogen-bond acceptors (Lipinski definition) is 1. The van der Waals surface area contributed by atoms with Crippen molar-refractivity contribution in [1.82, 2.24) is 4.98 Å². The van der Waals surface area contributed by atoms with Gasteiger partial charge in [-0.05, 0) is 30.7 Å². The number of ketones is 1. The first-order valence-corrected chi connectivity index (χ1v) is 7.41. The smallest absolute Gasteiger partial charge is 0.168 e. The van der Waals surface area contributed by atoms with Gasteiger partial charge in [0.25, 0.3) is 0 Å². The molecule has 2 heteroatoms. The number of aromatic nitrogens is 1. The Morgan fingerprint density at radius 1 is 1.16 bits per heavy atom. The number of carbonyl (C=O) groups excluding carboxylic acids is 1. The molecule has 2 nitrogen and oxygen atoms in total. The summed E-state index contributed by atoms with van der Waals surface area (Å²) in [4.78, 5) is 16.0. The quantitative estimate of drug-likeness (QED) is 0.794. The van der Waals surface area contributed by atoms with E-state index in [0.29, 0.717) is 17.1 Å². The predicted octanol–water partition coefficient (Wildman–Crippen LogP) is 4.32. The Bertz CT molecular complexity index is 634. The fourth-order valence-corrected chi connectivity index (χ4v) is 3.99. The molecule has 19 heavy (non-hydrogen) atoms. The second kappa shape index (κ2) is 3.96. The first-order valence-electron chi connectivity index (χ1n) is 7.41. The maximum absolute atomic E-state index is 12.7. The number of benzene rings is 1. The van der Waals surface area contributed by atoms with Gasteiger partial charge in [0.1, 0.15) is 0 Å². The molecule has 0 bridgehead atoms. The number of fused-ring (bicyclic) bond motifs is 1. The normalized spacial score (nSPS) is 24.7. The van der Waals surface area contributed by atoms with Crippen LogP contribution in [0.3, 0.4) is 0 Å². The lowest BCUT2D eigenvalue weighted by Crippen LogP contribution is -2.14. The number of rotatable bonds is 2. The van der Waals surface area contributed by atoms with Gasteiger partial charge in [0.05, 0.1) is 0 Å². The van der Waals surface area contributed by atoms with E-state index < -0.39 is 0 Å². The molecule has 2 fully saturated rings. The molecule has 0 aliphatic heterocycles. The Labute approximate surface area is 113 Å². The van der Waals surface area contributed by atoms with Gasteiger partial charge in [0.2, 0.25) is 0 Å². The van der Waals surface area contributed by atoms with Crippen molar-refractivity contribution >= 4 is 16.7 Å². The zero-order valence-corrected chi connectivity index (χ0v) is 11.1. The van der Waals surface area contributed by atoms with E-state index in [9.17, 15) is 4.79 Å². The average Bonchev–Trinajstić information content (AvgIpc) is 2.97. The van der Waals surface area contributed by atoms with Crippen LogP contribution in [-0.2, 0) is 0 Å². The Morgan fingerprint density at radius 3 is 2.79 bits per heavy atom. The largest absolute Gasteiger partial charge is 0.360 e. The van der Waals surface area contributed by atoms with Crippen LogP contribution in [0.4, 0.5) is 0 Å². The summed E-state index contributed by atoms with van der Waals surface area (Å²) in [5.74, 6) is 0.673. The van der Waals surface area contributed by atoms with E-state index in [-0.39, 0.29) is 0 Å². The van der Waals surface area contributed by atoms with Crippen molar-refractivity contribution in [2.24, 2.45) is 11.3 Å². The molecule has 1 aromatic carbocycles. The zero-order chi connectivity index (χ0) is 12.9. The number of aromatic amines is 1. The maximum Gasteiger partial charge on any atom is 0.168 e. The molecule has 1 aromatic heterocycles. The van der Waals surface area contributed by atoms with Crippen LogP contribution in [-0.4, -0.2) is 10.8 Å². The highest BCUT2D eigenvalue weighted by Crippen LogP contribution is 2.62. The Hall–Kier alpha value is -1.57. The monoisotopic (exact) mass is 253 g/mol. The number of carbonyl (C=O) groups is 1. The molecule has 1 N–H and O–H groups in total. The van der Waals surface area contributed by atoms with Crippen LogP contribution in [0.1, 0.15) is 48.9 Å².